The van der Waals surface area contributed by atoms with Crippen molar-refractivity contribution in [2.75, 3.05) is 33.9 Å². The van der Waals surface area contributed by atoms with Crippen LogP contribution in [0.5, 0.6) is 0 Å². The summed E-state index contributed by atoms with van der Waals surface area (Å²) in [5, 5.41) is 0. The first-order valence-corrected chi connectivity index (χ1v) is 5.18. The summed E-state index contributed by atoms with van der Waals surface area (Å²) in [7, 11) is 3.92. The zero-order valence-corrected chi connectivity index (χ0v) is 9.45. The summed E-state index contributed by atoms with van der Waals surface area (Å²) < 4.78 is 0. The van der Waals surface area contributed by atoms with Crippen LogP contribution in [-0.4, -0.2) is 66.0 Å². The number of rotatable bonds is 1. The van der Waals surface area contributed by atoms with Crippen molar-refractivity contribution in [2.45, 2.75) is 25.4 Å². The number of hydrogen-bond donors (Lipinski definition) is 0. The third-order valence-electron chi connectivity index (χ3n) is 3.56. The van der Waals surface area contributed by atoms with Crippen molar-refractivity contribution in [2.24, 2.45) is 0 Å². The Bertz CT molecular complexity index is 258. The van der Waals surface area contributed by atoms with Gasteiger partial charge < -0.3 is 4.90 Å². The Labute approximate surface area is 85.5 Å². The maximum atomic E-state index is 11.9. The van der Waals surface area contributed by atoms with Gasteiger partial charge in [-0.1, -0.05) is 0 Å². The van der Waals surface area contributed by atoms with Crippen LogP contribution in [0, 0.1) is 0 Å². The molecule has 1 amide bonds. The lowest BCUT2D eigenvalue weighted by molar-refractivity contribution is -0.142. The second-order valence-corrected chi connectivity index (χ2v) is 4.87. The smallest absolute Gasteiger partial charge is 0.246 e. The molecule has 0 bridgehead atoms. The van der Waals surface area contributed by atoms with Crippen LogP contribution < -0.4 is 0 Å². The van der Waals surface area contributed by atoms with Gasteiger partial charge >= 0.3 is 0 Å². The van der Waals surface area contributed by atoms with Crippen molar-refractivity contribution in [1.29, 1.82) is 0 Å². The highest BCUT2D eigenvalue weighted by Crippen LogP contribution is 2.34. The molecule has 0 aliphatic carbocycles. The molecule has 80 valence electrons. The van der Waals surface area contributed by atoms with Crippen molar-refractivity contribution in [3.8, 4) is 0 Å². The largest absolute Gasteiger partial charge is 0.331 e. The third-order valence-corrected chi connectivity index (χ3v) is 3.56. The molecule has 0 aromatic carbocycles. The Hall–Kier alpha value is -0.610. The van der Waals surface area contributed by atoms with Gasteiger partial charge in [-0.25, -0.2) is 0 Å². The first kappa shape index (κ1) is 9.93. The van der Waals surface area contributed by atoms with E-state index in [2.05, 4.69) is 23.6 Å². The Balaban J connectivity index is 2.09. The van der Waals surface area contributed by atoms with E-state index in [1.165, 1.54) is 0 Å². The summed E-state index contributed by atoms with van der Waals surface area (Å²) in [5.74, 6) is 0.289. The number of carbonyl (C=O) groups excluding carboxylic acids is 1. The van der Waals surface area contributed by atoms with Gasteiger partial charge in [0, 0.05) is 26.2 Å². The molecule has 0 aromatic rings. The predicted octanol–water partition coefficient (Wildman–Crippen LogP) is -0.189. The fourth-order valence-electron chi connectivity index (χ4n) is 2.40. The molecule has 0 aromatic heterocycles. The predicted molar refractivity (Wildman–Crippen MR) is 54.8 cm³/mol. The highest BCUT2D eigenvalue weighted by atomic mass is 16.2. The van der Waals surface area contributed by atoms with Crippen LogP contribution in [0.15, 0.2) is 0 Å². The number of likely N-dealkylation sites (N-methyl/N-ethyl adjacent to an activating group) is 2. The molecular formula is C10H19N3O. The lowest BCUT2D eigenvalue weighted by atomic mass is 9.87. The SMILES string of the molecule is CC(C)N1CC2(C1)C(=O)N(C)CN2C. The van der Waals surface area contributed by atoms with Crippen LogP contribution in [0.25, 0.3) is 0 Å². The number of amides is 1. The average molecular weight is 197 g/mol. The molecule has 0 N–H and O–H groups in total. The molecule has 14 heavy (non-hydrogen) atoms. The number of hydrogen-bond acceptors (Lipinski definition) is 3. The summed E-state index contributed by atoms with van der Waals surface area (Å²) in [6.45, 7) is 6.91. The molecule has 4 nitrogen and oxygen atoms in total. The lowest BCUT2D eigenvalue weighted by Gasteiger charge is -2.51. The molecule has 2 heterocycles. The van der Waals surface area contributed by atoms with Gasteiger partial charge in [0.15, 0.2) is 0 Å². The number of nitrogens with zero attached hydrogens (tertiary/aromatic N) is 3. The summed E-state index contributed by atoms with van der Waals surface area (Å²) >= 11 is 0. The Morgan fingerprint density at radius 1 is 1.29 bits per heavy atom. The second kappa shape index (κ2) is 2.94. The zero-order valence-electron chi connectivity index (χ0n) is 9.45. The van der Waals surface area contributed by atoms with Crippen LogP contribution in [0.4, 0.5) is 0 Å². The minimum atomic E-state index is -0.195. The van der Waals surface area contributed by atoms with Gasteiger partial charge in [-0.3, -0.25) is 14.6 Å². The van der Waals surface area contributed by atoms with Crippen molar-refractivity contribution >= 4 is 5.91 Å². The molecule has 0 unspecified atom stereocenters. The van der Waals surface area contributed by atoms with E-state index < -0.39 is 0 Å². The second-order valence-electron chi connectivity index (χ2n) is 4.87. The van der Waals surface area contributed by atoms with Crippen molar-refractivity contribution in [3.63, 3.8) is 0 Å². The molecule has 0 atom stereocenters. The molecule has 2 aliphatic heterocycles. The van der Waals surface area contributed by atoms with Crippen LogP contribution in [0.1, 0.15) is 13.8 Å². The molecule has 2 fully saturated rings. The Morgan fingerprint density at radius 2 is 1.86 bits per heavy atom. The van der Waals surface area contributed by atoms with E-state index in [0.29, 0.717) is 6.04 Å². The van der Waals surface area contributed by atoms with E-state index >= 15 is 0 Å². The first-order chi connectivity index (χ1) is 6.47. The molecule has 4 heteroatoms. The van der Waals surface area contributed by atoms with Crippen molar-refractivity contribution in [3.05, 3.63) is 0 Å². The van der Waals surface area contributed by atoms with Crippen LogP contribution in [0.3, 0.4) is 0 Å². The maximum Gasteiger partial charge on any atom is 0.246 e. The maximum absolute atomic E-state index is 11.9. The van der Waals surface area contributed by atoms with E-state index in [9.17, 15) is 4.79 Å². The fourth-order valence-corrected chi connectivity index (χ4v) is 2.40. The monoisotopic (exact) mass is 197 g/mol. The van der Waals surface area contributed by atoms with E-state index in [1.807, 2.05) is 19.0 Å². The minimum Gasteiger partial charge on any atom is -0.331 e. The van der Waals surface area contributed by atoms with E-state index in [-0.39, 0.29) is 11.4 Å². The van der Waals surface area contributed by atoms with Gasteiger partial charge in [0.1, 0.15) is 5.54 Å². The van der Waals surface area contributed by atoms with Gasteiger partial charge in [-0.05, 0) is 20.9 Å². The molecule has 2 rings (SSSR count). The lowest BCUT2D eigenvalue weighted by Crippen LogP contribution is -2.71. The molecule has 0 radical (unpaired) electrons. The zero-order chi connectivity index (χ0) is 10.5. The van der Waals surface area contributed by atoms with Gasteiger partial charge in [0.2, 0.25) is 5.91 Å². The normalized spacial score (nSPS) is 27.8. The molecule has 0 saturated carbocycles. The van der Waals surface area contributed by atoms with Gasteiger partial charge in [-0.15, -0.1) is 0 Å². The summed E-state index contributed by atoms with van der Waals surface area (Å²) in [6.07, 6.45) is 0. The number of carbonyl (C=O) groups is 1. The Kier molecular flexibility index (Phi) is 2.08. The topological polar surface area (TPSA) is 26.8 Å². The summed E-state index contributed by atoms with van der Waals surface area (Å²) in [5.41, 5.74) is -0.195. The van der Waals surface area contributed by atoms with Crippen LogP contribution in [-0.2, 0) is 4.79 Å². The van der Waals surface area contributed by atoms with Crippen molar-refractivity contribution < 1.29 is 4.79 Å². The highest BCUT2D eigenvalue weighted by Gasteiger charge is 2.57. The molecule has 2 aliphatic rings. The summed E-state index contributed by atoms with van der Waals surface area (Å²) in [6, 6.07) is 0.549. The van der Waals surface area contributed by atoms with Gasteiger partial charge in [0.05, 0.1) is 6.67 Å². The molecule has 2 saturated heterocycles. The van der Waals surface area contributed by atoms with Crippen LogP contribution >= 0.6 is 0 Å². The average Bonchev–Trinajstić information content (AvgIpc) is 2.20. The standard InChI is InChI=1S/C10H19N3O/c1-8(2)13-5-10(6-13)9(14)11(3)7-12(10)4/h8H,5-7H2,1-4H3. The molecule has 1 spiro atoms. The van der Waals surface area contributed by atoms with E-state index in [1.54, 1.807) is 0 Å². The quantitative estimate of drug-likeness (QED) is 0.583. The van der Waals surface area contributed by atoms with Crippen LogP contribution in [0.2, 0.25) is 0 Å². The van der Waals surface area contributed by atoms with Gasteiger partial charge in [-0.2, -0.15) is 0 Å². The highest BCUT2D eigenvalue weighted by molar-refractivity contribution is 5.89. The number of likely N-dealkylation sites (tertiary alicyclic amines) is 1. The van der Waals surface area contributed by atoms with E-state index in [4.69, 9.17) is 0 Å². The first-order valence-electron chi connectivity index (χ1n) is 5.18. The van der Waals surface area contributed by atoms with Gasteiger partial charge in [0.25, 0.3) is 0 Å². The molecular weight excluding hydrogens is 178 g/mol. The Morgan fingerprint density at radius 3 is 2.21 bits per heavy atom. The minimum absolute atomic E-state index is 0.195. The summed E-state index contributed by atoms with van der Waals surface area (Å²) in [4.78, 5) is 18.3. The third kappa shape index (κ3) is 1.10. The van der Waals surface area contributed by atoms with Crippen molar-refractivity contribution in [1.82, 2.24) is 14.7 Å². The fraction of sp³-hybridized carbons (Fsp3) is 0.900. The van der Waals surface area contributed by atoms with E-state index in [0.717, 1.165) is 19.8 Å².